The number of halogens is 1. The van der Waals surface area contributed by atoms with E-state index in [0.29, 0.717) is 37.4 Å². The minimum absolute atomic E-state index is 0.0124. The molecule has 0 aliphatic carbocycles. The van der Waals surface area contributed by atoms with Gasteiger partial charge in [-0.3, -0.25) is 14.5 Å². The molecule has 0 aromatic heterocycles. The van der Waals surface area contributed by atoms with E-state index in [1.165, 1.54) is 17.7 Å². The van der Waals surface area contributed by atoms with Gasteiger partial charge >= 0.3 is 6.03 Å². The second-order valence-corrected chi connectivity index (χ2v) is 12.1. The average Bonchev–Trinajstić information content (AvgIpc) is 3.14. The first-order valence-corrected chi connectivity index (χ1v) is 17.1. The molecule has 6 rings (SSSR count). The SMILES string of the molecule is CSCc1ccccc1.O=C(CNC(=O)N(Cc1cccc2ccccc12)C(=O)c1cccc(-c2ccc(F)cc2)c1)N1CCOCC1. The normalized spacial score (nSPS) is 12.5. The third kappa shape index (κ3) is 9.30. The maximum atomic E-state index is 13.8. The summed E-state index contributed by atoms with van der Waals surface area (Å²) in [6, 6.07) is 36.2. The molecule has 0 bridgehead atoms. The number of hydrogen-bond donors (Lipinski definition) is 1. The summed E-state index contributed by atoms with van der Waals surface area (Å²) in [4.78, 5) is 42.6. The topological polar surface area (TPSA) is 79.0 Å². The monoisotopic (exact) mass is 663 g/mol. The molecule has 7 nitrogen and oxygen atoms in total. The predicted octanol–water partition coefficient (Wildman–Crippen LogP) is 7.41. The van der Waals surface area contributed by atoms with Crippen molar-refractivity contribution in [1.82, 2.24) is 15.1 Å². The van der Waals surface area contributed by atoms with Gasteiger partial charge in [0.2, 0.25) is 5.91 Å². The molecule has 1 N–H and O–H groups in total. The van der Waals surface area contributed by atoms with Gasteiger partial charge < -0.3 is 15.0 Å². The standard InChI is InChI=1S/C31H28FN3O4.C8H10S/c32-27-13-11-22(12-14-27)24-7-4-8-25(19-24)30(37)35(21-26-9-3-6-23-5-1-2-10-28(23)26)31(38)33-20-29(36)34-15-17-39-18-16-34;1-9-7-8-5-3-2-4-6-8/h1-14,19H,15-18,20-21H2,(H,33,38);2-6H,7H2,1H3. The van der Waals surface area contributed by atoms with E-state index in [0.717, 1.165) is 32.6 Å². The first-order chi connectivity index (χ1) is 23.4. The summed E-state index contributed by atoms with van der Waals surface area (Å²) in [6.07, 6.45) is 2.12. The highest BCUT2D eigenvalue weighted by Gasteiger charge is 2.26. The summed E-state index contributed by atoms with van der Waals surface area (Å²) >= 11 is 1.85. The summed E-state index contributed by atoms with van der Waals surface area (Å²) < 4.78 is 18.7. The molecule has 1 saturated heterocycles. The van der Waals surface area contributed by atoms with Crippen LogP contribution in [0.3, 0.4) is 0 Å². The van der Waals surface area contributed by atoms with Gasteiger partial charge in [-0.15, -0.1) is 0 Å². The molecule has 48 heavy (non-hydrogen) atoms. The van der Waals surface area contributed by atoms with Crippen molar-refractivity contribution in [3.63, 3.8) is 0 Å². The van der Waals surface area contributed by atoms with Gasteiger partial charge in [-0.05, 0) is 63.5 Å². The Kier molecular flexibility index (Phi) is 12.3. The largest absolute Gasteiger partial charge is 0.378 e. The molecule has 0 unspecified atom stereocenters. The third-order valence-corrected chi connectivity index (χ3v) is 8.52. The number of benzene rings is 5. The van der Waals surface area contributed by atoms with Gasteiger partial charge in [-0.1, -0.05) is 97.1 Å². The predicted molar refractivity (Wildman–Crippen MR) is 190 cm³/mol. The van der Waals surface area contributed by atoms with E-state index in [2.05, 4.69) is 35.8 Å². The molecule has 5 aromatic rings. The summed E-state index contributed by atoms with van der Waals surface area (Å²) in [5.74, 6) is 0.0298. The lowest BCUT2D eigenvalue weighted by Crippen LogP contribution is -2.49. The molecule has 1 aliphatic rings. The molecular formula is C39H38FN3O4S. The van der Waals surface area contributed by atoms with E-state index in [1.807, 2.05) is 66.4 Å². The molecule has 0 atom stereocenters. The van der Waals surface area contributed by atoms with Crippen molar-refractivity contribution >= 4 is 40.4 Å². The summed E-state index contributed by atoms with van der Waals surface area (Å²) in [7, 11) is 0. The molecule has 9 heteroatoms. The van der Waals surface area contributed by atoms with E-state index >= 15 is 0 Å². The van der Waals surface area contributed by atoms with Crippen LogP contribution in [0.25, 0.3) is 21.9 Å². The van der Waals surface area contributed by atoms with Crippen LogP contribution in [0.15, 0.2) is 121 Å². The zero-order chi connectivity index (χ0) is 33.7. The lowest BCUT2D eigenvalue weighted by molar-refractivity contribution is -0.134. The van der Waals surface area contributed by atoms with Crippen molar-refractivity contribution in [2.24, 2.45) is 0 Å². The van der Waals surface area contributed by atoms with Crippen LogP contribution in [-0.2, 0) is 21.8 Å². The molecule has 1 aliphatic heterocycles. The van der Waals surface area contributed by atoms with Gasteiger partial charge in [-0.25, -0.2) is 9.18 Å². The fraction of sp³-hybridized carbons (Fsp3) is 0.205. The Labute approximate surface area is 284 Å². The van der Waals surface area contributed by atoms with Crippen molar-refractivity contribution in [2.45, 2.75) is 12.3 Å². The number of nitrogens with one attached hydrogen (secondary N) is 1. The number of imide groups is 1. The van der Waals surface area contributed by atoms with Gasteiger partial charge in [0.05, 0.1) is 26.3 Å². The lowest BCUT2D eigenvalue weighted by atomic mass is 10.0. The van der Waals surface area contributed by atoms with Crippen LogP contribution in [0.2, 0.25) is 0 Å². The number of urea groups is 1. The van der Waals surface area contributed by atoms with E-state index in [-0.39, 0.29) is 24.8 Å². The van der Waals surface area contributed by atoms with Crippen molar-refractivity contribution < 1.29 is 23.5 Å². The fourth-order valence-corrected chi connectivity index (χ4v) is 5.90. The number of hydrogen-bond acceptors (Lipinski definition) is 5. The Morgan fingerprint density at radius 3 is 2.25 bits per heavy atom. The van der Waals surface area contributed by atoms with Gasteiger partial charge in [-0.2, -0.15) is 11.8 Å². The number of ether oxygens (including phenoxy) is 1. The minimum atomic E-state index is -0.665. The van der Waals surface area contributed by atoms with Crippen molar-refractivity contribution in [3.05, 3.63) is 144 Å². The number of fused-ring (bicyclic) bond motifs is 1. The zero-order valence-electron chi connectivity index (χ0n) is 26.8. The van der Waals surface area contributed by atoms with Crippen molar-refractivity contribution in [3.8, 4) is 11.1 Å². The fourth-order valence-electron chi connectivity index (χ4n) is 5.38. The van der Waals surface area contributed by atoms with Crippen LogP contribution >= 0.6 is 11.8 Å². The number of rotatable bonds is 8. The first kappa shape index (κ1) is 34.3. The molecule has 1 heterocycles. The molecule has 246 valence electrons. The molecule has 1 fully saturated rings. The van der Waals surface area contributed by atoms with Gasteiger partial charge in [0.1, 0.15) is 5.82 Å². The average molecular weight is 664 g/mol. The number of thioether (sulfide) groups is 1. The van der Waals surface area contributed by atoms with Gasteiger partial charge in [0.15, 0.2) is 0 Å². The Balaban J connectivity index is 0.000000434. The number of morpholine rings is 1. The van der Waals surface area contributed by atoms with Crippen molar-refractivity contribution in [1.29, 1.82) is 0 Å². The van der Waals surface area contributed by atoms with Crippen LogP contribution in [0, 0.1) is 5.82 Å². The quantitative estimate of drug-likeness (QED) is 0.187. The molecule has 5 aromatic carbocycles. The number of nitrogens with zero attached hydrogens (tertiary/aromatic N) is 2. The maximum absolute atomic E-state index is 13.8. The smallest absolute Gasteiger partial charge is 0.325 e. The first-order valence-electron chi connectivity index (χ1n) is 15.7. The zero-order valence-corrected chi connectivity index (χ0v) is 27.6. The minimum Gasteiger partial charge on any atom is -0.378 e. The van der Waals surface area contributed by atoms with E-state index in [1.54, 1.807) is 35.2 Å². The summed E-state index contributed by atoms with van der Waals surface area (Å²) in [5, 5.41) is 4.56. The Morgan fingerprint density at radius 1 is 0.812 bits per heavy atom. The van der Waals surface area contributed by atoms with Crippen molar-refractivity contribution in [2.75, 3.05) is 39.1 Å². The highest BCUT2D eigenvalue weighted by atomic mass is 32.2. The second-order valence-electron chi connectivity index (χ2n) is 11.2. The highest BCUT2D eigenvalue weighted by molar-refractivity contribution is 7.97. The third-order valence-electron chi connectivity index (χ3n) is 7.89. The lowest BCUT2D eigenvalue weighted by Gasteiger charge is -2.27. The van der Waals surface area contributed by atoms with Crippen LogP contribution < -0.4 is 5.32 Å². The summed E-state index contributed by atoms with van der Waals surface area (Å²) in [6.45, 7) is 1.62. The molecule has 0 saturated carbocycles. The number of amides is 4. The number of carbonyl (C=O) groups is 3. The Morgan fingerprint density at radius 2 is 1.50 bits per heavy atom. The van der Waals surface area contributed by atoms with Crippen LogP contribution in [-0.4, -0.2) is 66.7 Å². The Bertz CT molecular complexity index is 1820. The van der Waals surface area contributed by atoms with E-state index in [4.69, 9.17) is 4.74 Å². The van der Waals surface area contributed by atoms with E-state index in [9.17, 15) is 18.8 Å². The molecule has 0 radical (unpaired) electrons. The van der Waals surface area contributed by atoms with Crippen LogP contribution in [0.4, 0.5) is 9.18 Å². The Hall–Kier alpha value is -4.99. The summed E-state index contributed by atoms with van der Waals surface area (Å²) in [5.41, 5.74) is 3.96. The van der Waals surface area contributed by atoms with Crippen LogP contribution in [0.1, 0.15) is 21.5 Å². The van der Waals surface area contributed by atoms with Gasteiger partial charge in [0.25, 0.3) is 5.91 Å². The van der Waals surface area contributed by atoms with Crippen LogP contribution in [0.5, 0.6) is 0 Å². The van der Waals surface area contributed by atoms with E-state index < -0.39 is 11.9 Å². The molecule has 0 spiro atoms. The maximum Gasteiger partial charge on any atom is 0.325 e. The second kappa shape index (κ2) is 17.2. The van der Waals surface area contributed by atoms with Gasteiger partial charge in [0, 0.05) is 24.4 Å². The molecule has 4 amide bonds. The molecular weight excluding hydrogens is 626 g/mol. The highest BCUT2D eigenvalue weighted by Crippen LogP contribution is 2.24. The number of carbonyl (C=O) groups excluding carboxylic acids is 3.